The van der Waals surface area contributed by atoms with Crippen molar-refractivity contribution in [3.05, 3.63) is 9.81 Å². The number of hydrogen-bond acceptors (Lipinski definition) is 3. The van der Waals surface area contributed by atoms with Gasteiger partial charge in [0.15, 0.2) is 0 Å². The molecule has 0 bridgehead atoms. The van der Waals surface area contributed by atoms with Gasteiger partial charge in [0.05, 0.1) is 0 Å². The van der Waals surface area contributed by atoms with Gasteiger partial charge in [0, 0.05) is 13.0 Å². The topological polar surface area (TPSA) is 47.2 Å². The van der Waals surface area contributed by atoms with E-state index in [9.17, 15) is 4.79 Å². The molecule has 1 heterocycles. The van der Waals surface area contributed by atoms with Crippen LogP contribution in [0.5, 0.6) is 0 Å². The highest BCUT2D eigenvalue weighted by Gasteiger charge is 2.05. The summed E-state index contributed by atoms with van der Waals surface area (Å²) in [5, 5.41) is 5.03. The number of rotatable bonds is 1. The fraction of sp³-hybridized carbons (Fsp3) is 0.625. The highest BCUT2D eigenvalue weighted by Crippen LogP contribution is 1.97. The predicted octanol–water partition coefficient (Wildman–Crippen LogP) is 0.873. The van der Waals surface area contributed by atoms with E-state index in [0.717, 1.165) is 5.01 Å². The van der Waals surface area contributed by atoms with E-state index in [-0.39, 0.29) is 11.8 Å². The van der Waals surface area contributed by atoms with Crippen molar-refractivity contribution in [1.29, 1.82) is 0 Å². The normalized spacial score (nSPS) is 12.5. The van der Waals surface area contributed by atoms with E-state index >= 15 is 0 Å². The summed E-state index contributed by atoms with van der Waals surface area (Å²) in [7, 11) is 1.79. The first-order valence-corrected chi connectivity index (χ1v) is 4.91. The van der Waals surface area contributed by atoms with Crippen molar-refractivity contribution in [3.63, 3.8) is 0 Å². The Labute approximate surface area is 80.9 Å². The Bertz CT molecular complexity index is 375. The summed E-state index contributed by atoms with van der Waals surface area (Å²) in [4.78, 5) is 15.9. The van der Waals surface area contributed by atoms with Crippen LogP contribution in [0.2, 0.25) is 0 Å². The zero-order chi connectivity index (χ0) is 10.0. The molecule has 72 valence electrons. The van der Waals surface area contributed by atoms with Crippen LogP contribution in [0.3, 0.4) is 0 Å². The third-order valence-corrected chi connectivity index (χ3v) is 2.42. The van der Waals surface area contributed by atoms with E-state index < -0.39 is 0 Å². The van der Waals surface area contributed by atoms with Crippen molar-refractivity contribution in [2.24, 2.45) is 18.0 Å². The molecule has 1 amide bonds. The Kier molecular flexibility index (Phi) is 2.98. The Morgan fingerprint density at radius 1 is 1.62 bits per heavy atom. The van der Waals surface area contributed by atoms with Crippen LogP contribution in [-0.4, -0.2) is 15.7 Å². The standard InChI is InChI=1S/C8H13N3OS/c1-5(2)7(12)9-8-11(4)10-6(3)13-8/h5H,1-4H3/b9-8+. The maximum atomic E-state index is 11.3. The van der Waals surface area contributed by atoms with Crippen molar-refractivity contribution in [2.75, 3.05) is 0 Å². The van der Waals surface area contributed by atoms with Gasteiger partial charge in [-0.15, -0.1) is 0 Å². The molecule has 0 N–H and O–H groups in total. The third kappa shape index (κ3) is 2.48. The molecule has 0 unspecified atom stereocenters. The van der Waals surface area contributed by atoms with Gasteiger partial charge in [0.2, 0.25) is 4.80 Å². The molecule has 0 aromatic carbocycles. The predicted molar refractivity (Wildman–Crippen MR) is 51.2 cm³/mol. The fourth-order valence-corrected chi connectivity index (χ4v) is 1.53. The molecule has 13 heavy (non-hydrogen) atoms. The molecule has 0 aliphatic heterocycles. The van der Waals surface area contributed by atoms with E-state index in [0.29, 0.717) is 4.80 Å². The second-order valence-corrected chi connectivity index (χ2v) is 4.29. The zero-order valence-electron chi connectivity index (χ0n) is 8.24. The summed E-state index contributed by atoms with van der Waals surface area (Å²) in [6.07, 6.45) is 0. The average Bonchev–Trinajstić information content (AvgIpc) is 2.30. The first-order valence-electron chi connectivity index (χ1n) is 4.10. The SMILES string of the molecule is Cc1nn(C)/c(=N\C(=O)C(C)C)s1. The molecule has 0 aliphatic rings. The number of nitrogens with zero attached hydrogens (tertiary/aromatic N) is 3. The van der Waals surface area contributed by atoms with E-state index in [1.165, 1.54) is 11.3 Å². The second-order valence-electron chi connectivity index (χ2n) is 3.13. The summed E-state index contributed by atoms with van der Waals surface area (Å²) in [6.45, 7) is 5.56. The molecule has 0 atom stereocenters. The van der Waals surface area contributed by atoms with Crippen LogP contribution >= 0.6 is 11.3 Å². The molecule has 4 nitrogen and oxygen atoms in total. The lowest BCUT2D eigenvalue weighted by atomic mass is 10.2. The smallest absolute Gasteiger partial charge is 0.250 e. The summed E-state index contributed by atoms with van der Waals surface area (Å²) in [6, 6.07) is 0. The van der Waals surface area contributed by atoms with Crippen LogP contribution in [-0.2, 0) is 11.8 Å². The molecule has 0 saturated heterocycles. The van der Waals surface area contributed by atoms with Crippen LogP contribution < -0.4 is 4.80 Å². The van der Waals surface area contributed by atoms with Gasteiger partial charge in [-0.1, -0.05) is 25.2 Å². The molecule has 0 radical (unpaired) electrons. The van der Waals surface area contributed by atoms with Gasteiger partial charge in [0.1, 0.15) is 5.01 Å². The van der Waals surface area contributed by atoms with Crippen LogP contribution in [0, 0.1) is 12.8 Å². The van der Waals surface area contributed by atoms with E-state index in [1.807, 2.05) is 20.8 Å². The van der Waals surface area contributed by atoms with Gasteiger partial charge in [-0.2, -0.15) is 10.1 Å². The monoisotopic (exact) mass is 199 g/mol. The van der Waals surface area contributed by atoms with E-state index in [2.05, 4.69) is 10.1 Å². The van der Waals surface area contributed by atoms with Crippen LogP contribution in [0.4, 0.5) is 0 Å². The van der Waals surface area contributed by atoms with Gasteiger partial charge >= 0.3 is 0 Å². The minimum Gasteiger partial charge on any atom is -0.272 e. The highest BCUT2D eigenvalue weighted by atomic mass is 32.1. The first-order chi connectivity index (χ1) is 6.00. The van der Waals surface area contributed by atoms with Crippen molar-refractivity contribution >= 4 is 17.2 Å². The maximum absolute atomic E-state index is 11.3. The molecule has 5 heteroatoms. The largest absolute Gasteiger partial charge is 0.272 e. The van der Waals surface area contributed by atoms with Crippen molar-refractivity contribution in [3.8, 4) is 0 Å². The van der Waals surface area contributed by atoms with Crippen LogP contribution in [0.1, 0.15) is 18.9 Å². The number of aryl methyl sites for hydroxylation is 2. The molecule has 1 aromatic heterocycles. The number of aromatic nitrogens is 2. The lowest BCUT2D eigenvalue weighted by molar-refractivity contribution is -0.120. The molecule has 1 rings (SSSR count). The molecular weight excluding hydrogens is 186 g/mol. The Balaban J connectivity index is 3.07. The zero-order valence-corrected chi connectivity index (χ0v) is 9.05. The van der Waals surface area contributed by atoms with Gasteiger partial charge in [-0.05, 0) is 6.92 Å². The Morgan fingerprint density at radius 3 is 2.62 bits per heavy atom. The quantitative estimate of drug-likeness (QED) is 0.674. The maximum Gasteiger partial charge on any atom is 0.250 e. The molecule has 0 aliphatic carbocycles. The Hall–Kier alpha value is -0.970. The molecule has 1 aromatic rings. The van der Waals surface area contributed by atoms with E-state index in [4.69, 9.17) is 0 Å². The summed E-state index contributed by atoms with van der Waals surface area (Å²) >= 11 is 1.42. The average molecular weight is 199 g/mol. The minimum atomic E-state index is -0.0979. The number of carbonyl (C=O) groups is 1. The highest BCUT2D eigenvalue weighted by molar-refractivity contribution is 7.08. The number of carbonyl (C=O) groups excluding carboxylic acids is 1. The van der Waals surface area contributed by atoms with Crippen LogP contribution in [0.25, 0.3) is 0 Å². The third-order valence-electron chi connectivity index (χ3n) is 1.51. The van der Waals surface area contributed by atoms with Gasteiger partial charge < -0.3 is 0 Å². The number of amides is 1. The lowest BCUT2D eigenvalue weighted by Gasteiger charge is -1.94. The van der Waals surface area contributed by atoms with E-state index in [1.54, 1.807) is 11.7 Å². The summed E-state index contributed by atoms with van der Waals surface area (Å²) < 4.78 is 1.63. The van der Waals surface area contributed by atoms with Gasteiger partial charge in [-0.25, -0.2) is 4.68 Å². The first kappa shape index (κ1) is 10.1. The van der Waals surface area contributed by atoms with Gasteiger partial charge in [0.25, 0.3) is 5.91 Å². The lowest BCUT2D eigenvalue weighted by Crippen LogP contribution is -2.16. The minimum absolute atomic E-state index is 0.0533. The molecular formula is C8H13N3OS. The number of hydrogen-bond donors (Lipinski definition) is 0. The molecule has 0 spiro atoms. The molecule has 0 fully saturated rings. The van der Waals surface area contributed by atoms with Crippen molar-refractivity contribution < 1.29 is 4.79 Å². The van der Waals surface area contributed by atoms with Crippen LogP contribution in [0.15, 0.2) is 4.99 Å². The summed E-state index contributed by atoms with van der Waals surface area (Å²) in [5.41, 5.74) is 0. The van der Waals surface area contributed by atoms with Crippen molar-refractivity contribution in [1.82, 2.24) is 9.78 Å². The molecule has 0 saturated carbocycles. The van der Waals surface area contributed by atoms with Crippen molar-refractivity contribution in [2.45, 2.75) is 20.8 Å². The fourth-order valence-electron chi connectivity index (χ4n) is 0.791. The Morgan fingerprint density at radius 2 is 2.23 bits per heavy atom. The van der Waals surface area contributed by atoms with Gasteiger partial charge in [-0.3, -0.25) is 4.79 Å². The second kappa shape index (κ2) is 3.83. The summed E-state index contributed by atoms with van der Waals surface area (Å²) in [5.74, 6) is -0.151.